The summed E-state index contributed by atoms with van der Waals surface area (Å²) in [6.07, 6.45) is 0.396. The third-order valence-electron chi connectivity index (χ3n) is 6.21. The Labute approximate surface area is 204 Å². The average molecular weight is 490 g/mol. The zero-order valence-corrected chi connectivity index (χ0v) is 20.7. The summed E-state index contributed by atoms with van der Waals surface area (Å²) in [6, 6.07) is 22.0. The molecule has 0 amide bonds. The first kappa shape index (κ1) is 22.6. The van der Waals surface area contributed by atoms with Gasteiger partial charge in [-0.1, -0.05) is 77.3 Å². The van der Waals surface area contributed by atoms with Gasteiger partial charge < -0.3 is 0 Å². The zero-order chi connectivity index (χ0) is 24.0. The van der Waals surface area contributed by atoms with E-state index in [0.29, 0.717) is 17.7 Å². The number of pyridine rings is 1. The zero-order valence-electron chi connectivity index (χ0n) is 19.2. The molecule has 2 heterocycles. The van der Waals surface area contributed by atoms with Crippen LogP contribution in [0.5, 0.6) is 0 Å². The Morgan fingerprint density at radius 3 is 2.24 bits per heavy atom. The number of hydrogen-bond acceptors (Lipinski definition) is 4. The Hall–Kier alpha value is -3.22. The van der Waals surface area contributed by atoms with Gasteiger partial charge in [-0.2, -0.15) is 17.9 Å². The van der Waals surface area contributed by atoms with Gasteiger partial charge in [0.15, 0.2) is 0 Å². The maximum absolute atomic E-state index is 13.7. The van der Waals surface area contributed by atoms with E-state index in [0.717, 1.165) is 33.2 Å². The first-order valence-electron chi connectivity index (χ1n) is 11.1. The van der Waals surface area contributed by atoms with E-state index in [2.05, 4.69) is 10.1 Å². The number of para-hydroxylation sites is 1. The molecule has 5 nitrogen and oxygen atoms in total. The molecule has 0 N–H and O–H groups in total. The van der Waals surface area contributed by atoms with E-state index in [9.17, 15) is 8.42 Å². The summed E-state index contributed by atoms with van der Waals surface area (Å²) < 4.78 is 28.7. The molecule has 0 bridgehead atoms. The Balaban J connectivity index is 1.66. The average Bonchev–Trinajstić information content (AvgIpc) is 3.26. The lowest BCUT2D eigenvalue weighted by Crippen LogP contribution is -2.27. The predicted molar refractivity (Wildman–Crippen MR) is 137 cm³/mol. The van der Waals surface area contributed by atoms with Gasteiger partial charge >= 0.3 is 0 Å². The van der Waals surface area contributed by atoms with E-state index in [1.807, 2.05) is 69.3 Å². The highest BCUT2D eigenvalue weighted by Gasteiger charge is 2.39. The quantitative estimate of drug-likeness (QED) is 0.313. The number of nitrogens with zero attached hydrogens (tertiary/aromatic N) is 3. The molecule has 7 heteroatoms. The number of aromatic nitrogens is 1. The summed E-state index contributed by atoms with van der Waals surface area (Å²) >= 11 is 6.67. The molecule has 0 aliphatic carbocycles. The summed E-state index contributed by atoms with van der Waals surface area (Å²) in [6.45, 7) is 5.92. The number of fused-ring (bicyclic) bond motifs is 1. The van der Waals surface area contributed by atoms with Crippen LogP contribution in [0.4, 0.5) is 0 Å². The topological polar surface area (TPSA) is 62.6 Å². The monoisotopic (exact) mass is 489 g/mol. The normalized spacial score (nSPS) is 16.2. The molecule has 0 radical (unpaired) electrons. The molecular formula is C27H24ClN3O2S. The molecule has 1 aliphatic heterocycles. The minimum Gasteiger partial charge on any atom is -0.235 e. The van der Waals surface area contributed by atoms with Gasteiger partial charge in [-0.3, -0.25) is 0 Å². The number of benzene rings is 3. The number of rotatable bonds is 4. The largest absolute Gasteiger partial charge is 0.279 e. The Morgan fingerprint density at radius 2 is 1.56 bits per heavy atom. The first-order chi connectivity index (χ1) is 16.2. The summed E-state index contributed by atoms with van der Waals surface area (Å²) in [7, 11) is -3.92. The maximum atomic E-state index is 13.7. The van der Waals surface area contributed by atoms with Gasteiger partial charge in [-0.15, -0.1) is 0 Å². The fourth-order valence-corrected chi connectivity index (χ4v) is 5.95. The minimum atomic E-state index is -3.92. The van der Waals surface area contributed by atoms with E-state index in [-0.39, 0.29) is 10.0 Å². The second kappa shape index (κ2) is 8.53. The van der Waals surface area contributed by atoms with Crippen LogP contribution >= 0.6 is 11.6 Å². The lowest BCUT2D eigenvalue weighted by atomic mass is 9.98. The van der Waals surface area contributed by atoms with Gasteiger partial charge in [0.25, 0.3) is 10.0 Å². The van der Waals surface area contributed by atoms with Gasteiger partial charge in [0.1, 0.15) is 5.15 Å². The van der Waals surface area contributed by atoms with Gasteiger partial charge in [-0.05, 0) is 50.1 Å². The van der Waals surface area contributed by atoms with Crippen molar-refractivity contribution in [1.82, 2.24) is 9.40 Å². The molecule has 1 aliphatic rings. The number of halogens is 1. The highest BCUT2D eigenvalue weighted by molar-refractivity contribution is 7.89. The summed E-state index contributed by atoms with van der Waals surface area (Å²) in [5.74, 6) is 0. The van der Waals surface area contributed by atoms with Crippen LogP contribution in [0.3, 0.4) is 0 Å². The van der Waals surface area contributed by atoms with Gasteiger partial charge in [0, 0.05) is 17.4 Å². The van der Waals surface area contributed by atoms with Crippen LogP contribution in [0, 0.1) is 20.8 Å². The van der Waals surface area contributed by atoms with Crippen molar-refractivity contribution in [2.24, 2.45) is 5.10 Å². The Bertz CT molecular complexity index is 1530. The second-order valence-electron chi connectivity index (χ2n) is 8.74. The fraction of sp³-hybridized carbons (Fsp3) is 0.185. The van der Waals surface area contributed by atoms with Crippen LogP contribution in [0.15, 0.2) is 82.8 Å². The van der Waals surface area contributed by atoms with Crippen molar-refractivity contribution in [2.45, 2.75) is 38.1 Å². The van der Waals surface area contributed by atoms with Crippen LogP contribution < -0.4 is 0 Å². The summed E-state index contributed by atoms with van der Waals surface area (Å²) in [4.78, 5) is 4.82. The SMILES string of the molecule is Cc1ccc(C2=NN(S(=O)(=O)c3ccc(C)cc3)C(c3cc4cccc(C)c4nc3Cl)C2)cc1. The molecule has 3 aromatic carbocycles. The van der Waals surface area contributed by atoms with Crippen molar-refractivity contribution in [3.05, 3.63) is 106 Å². The van der Waals surface area contributed by atoms with Gasteiger partial charge in [0.2, 0.25) is 0 Å². The van der Waals surface area contributed by atoms with Crippen molar-refractivity contribution in [3.8, 4) is 0 Å². The smallest absolute Gasteiger partial charge is 0.235 e. The van der Waals surface area contributed by atoms with Gasteiger partial charge in [-0.25, -0.2) is 4.98 Å². The molecule has 0 fully saturated rings. The molecule has 5 rings (SSSR count). The Morgan fingerprint density at radius 1 is 0.912 bits per heavy atom. The lowest BCUT2D eigenvalue weighted by molar-refractivity contribution is 0.371. The number of sulfonamides is 1. The van der Waals surface area contributed by atoms with E-state index in [4.69, 9.17) is 11.6 Å². The molecule has 0 saturated carbocycles. The van der Waals surface area contributed by atoms with Crippen LogP contribution in [-0.4, -0.2) is 23.5 Å². The summed E-state index contributed by atoms with van der Waals surface area (Å²) in [5, 5.41) is 5.83. The molecule has 34 heavy (non-hydrogen) atoms. The third kappa shape index (κ3) is 3.97. The Kier molecular flexibility index (Phi) is 5.66. The molecular weight excluding hydrogens is 466 g/mol. The van der Waals surface area contributed by atoms with Crippen molar-refractivity contribution < 1.29 is 8.42 Å². The van der Waals surface area contributed by atoms with Crippen molar-refractivity contribution in [1.29, 1.82) is 0 Å². The molecule has 0 saturated heterocycles. The standard InChI is InChI=1S/C27H24ClN3O2S/c1-17-7-11-20(12-8-17)24-16-25(23-15-21-6-4-5-19(3)26(21)29-27(23)28)31(30-24)34(32,33)22-13-9-18(2)10-14-22/h4-15,25H,16H2,1-3H3. The van der Waals surface area contributed by atoms with E-state index in [1.54, 1.807) is 24.3 Å². The third-order valence-corrected chi connectivity index (χ3v) is 8.21. The van der Waals surface area contributed by atoms with Crippen molar-refractivity contribution in [3.63, 3.8) is 0 Å². The molecule has 1 aromatic heterocycles. The van der Waals surface area contributed by atoms with E-state index >= 15 is 0 Å². The number of hydrogen-bond donors (Lipinski definition) is 0. The molecule has 1 atom stereocenters. The summed E-state index contributed by atoms with van der Waals surface area (Å²) in [5.41, 5.74) is 6.15. The van der Waals surface area contributed by atoms with Crippen LogP contribution in [0.25, 0.3) is 10.9 Å². The van der Waals surface area contributed by atoms with E-state index < -0.39 is 16.1 Å². The van der Waals surface area contributed by atoms with Gasteiger partial charge in [0.05, 0.1) is 22.2 Å². The highest BCUT2D eigenvalue weighted by Crippen LogP contribution is 2.40. The van der Waals surface area contributed by atoms with Crippen molar-refractivity contribution >= 4 is 38.2 Å². The first-order valence-corrected chi connectivity index (χ1v) is 12.9. The maximum Gasteiger partial charge on any atom is 0.279 e. The van der Waals surface area contributed by atoms with Crippen LogP contribution in [0.1, 0.15) is 40.3 Å². The molecule has 1 unspecified atom stereocenters. The van der Waals surface area contributed by atoms with Crippen LogP contribution in [-0.2, 0) is 10.0 Å². The lowest BCUT2D eigenvalue weighted by Gasteiger charge is -2.24. The predicted octanol–water partition coefficient (Wildman–Crippen LogP) is 6.35. The number of hydrazone groups is 1. The fourth-order valence-electron chi connectivity index (χ4n) is 4.26. The second-order valence-corrected chi connectivity index (χ2v) is 10.9. The van der Waals surface area contributed by atoms with Crippen LogP contribution in [0.2, 0.25) is 5.15 Å². The molecule has 172 valence electrons. The van der Waals surface area contributed by atoms with Crippen molar-refractivity contribution in [2.75, 3.05) is 0 Å². The number of aryl methyl sites for hydroxylation is 3. The molecule has 4 aromatic rings. The highest BCUT2D eigenvalue weighted by atomic mass is 35.5. The molecule has 0 spiro atoms. The van der Waals surface area contributed by atoms with E-state index in [1.165, 1.54) is 4.41 Å². The minimum absolute atomic E-state index is 0.192.